The van der Waals surface area contributed by atoms with E-state index >= 15 is 0 Å². The third kappa shape index (κ3) is 11.4. The molecule has 0 atom stereocenters. The van der Waals surface area contributed by atoms with Crippen LogP contribution in [-0.4, -0.2) is 121 Å². The Bertz CT molecular complexity index is 2860. The van der Waals surface area contributed by atoms with Crippen LogP contribution in [0.25, 0.3) is 16.6 Å². The number of pyridine rings is 1. The summed E-state index contributed by atoms with van der Waals surface area (Å²) in [4.78, 5) is 59.5. The standard InChI is InChI=1S/C46H55ClN9O9PS/c1-46(2)15-13-33(38(28-46)31-5-7-34(47)8-6-31)29-53-19-21-54(22-20-53)35-9-11-37(40(26-35)55-23-24-65-45-42(55)25-32-14-17-49-43(32)50-45)44(57)51-67(63,64)36-10-12-39(41(27-36)56(58)59)48-16-4-18-52(3)30-66(60,61)62/h5-12,14,17,25-27,48H,4,13,15-16,18-24,28-30H2,1-3H3,(H,49,50)(H,51,57)(H2,60,61,62). The van der Waals surface area contributed by atoms with E-state index in [9.17, 15) is 37.7 Å². The van der Waals surface area contributed by atoms with Crippen LogP contribution in [0.1, 0.15) is 55.5 Å². The lowest BCUT2D eigenvalue weighted by Gasteiger charge is -2.39. The van der Waals surface area contributed by atoms with Gasteiger partial charge in [-0.05, 0) is 104 Å². The van der Waals surface area contributed by atoms with Gasteiger partial charge in [0.1, 0.15) is 29.9 Å². The van der Waals surface area contributed by atoms with Gasteiger partial charge < -0.3 is 34.6 Å². The second-order valence-electron chi connectivity index (χ2n) is 18.2. The maximum atomic E-state index is 14.3. The monoisotopic (exact) mass is 975 g/mol. The number of benzene rings is 3. The van der Waals surface area contributed by atoms with Gasteiger partial charge >= 0.3 is 7.60 Å². The van der Waals surface area contributed by atoms with Gasteiger partial charge in [-0.1, -0.05) is 43.2 Å². The SMILES string of the molecule is CN(CCCNc1ccc(S(=O)(=O)NC(=O)c2ccc(N3CCN(CC4=C(c5ccc(Cl)cc5)CC(C)(C)CC4)CC3)cc2N2CCOc3nc4[nH]ccc4cc32)cc1[N+](=O)[O-])CP(=O)(O)O. The number of rotatable bonds is 16. The Morgan fingerprint density at radius 3 is 2.52 bits per heavy atom. The van der Waals surface area contributed by atoms with E-state index in [1.54, 1.807) is 19.3 Å². The molecule has 21 heteroatoms. The van der Waals surface area contributed by atoms with Crippen molar-refractivity contribution in [2.45, 2.75) is 44.4 Å². The topological polar surface area (TPSA) is 227 Å². The van der Waals surface area contributed by atoms with Gasteiger partial charge in [-0.2, -0.15) is 4.98 Å². The summed E-state index contributed by atoms with van der Waals surface area (Å²) in [5.74, 6) is -0.577. The summed E-state index contributed by atoms with van der Waals surface area (Å²) >= 11 is 6.26. The number of aromatic amines is 1. The molecular formula is C46H55ClN9O9PS. The van der Waals surface area contributed by atoms with Crippen molar-refractivity contribution in [3.05, 3.63) is 111 Å². The number of amides is 1. The fraction of sp³-hybridized carbons (Fsp3) is 0.391. The van der Waals surface area contributed by atoms with E-state index in [2.05, 4.69) is 55.8 Å². The van der Waals surface area contributed by atoms with Crippen molar-refractivity contribution in [3.8, 4) is 5.88 Å². The van der Waals surface area contributed by atoms with E-state index in [0.29, 0.717) is 35.9 Å². The van der Waals surface area contributed by atoms with E-state index < -0.39 is 45.3 Å². The lowest BCUT2D eigenvalue weighted by atomic mass is 9.72. The van der Waals surface area contributed by atoms with Gasteiger partial charge in [-0.3, -0.25) is 29.3 Å². The Hall–Kier alpha value is -5.53. The number of anilines is 4. The molecule has 67 heavy (non-hydrogen) atoms. The van der Waals surface area contributed by atoms with Crippen molar-refractivity contribution >= 4 is 80.2 Å². The molecule has 5 N–H and O–H groups in total. The second kappa shape index (κ2) is 19.6. The highest BCUT2D eigenvalue weighted by atomic mass is 35.5. The molecule has 1 saturated heterocycles. The van der Waals surface area contributed by atoms with Crippen molar-refractivity contribution in [1.29, 1.82) is 0 Å². The first-order valence-electron chi connectivity index (χ1n) is 22.1. The van der Waals surface area contributed by atoms with E-state index in [4.69, 9.17) is 16.3 Å². The summed E-state index contributed by atoms with van der Waals surface area (Å²) in [5.41, 5.74) is 6.38. The number of halogens is 1. The molecule has 0 unspecified atom stereocenters. The Morgan fingerprint density at radius 1 is 1.03 bits per heavy atom. The molecule has 0 spiro atoms. The van der Waals surface area contributed by atoms with E-state index in [0.717, 1.165) is 74.1 Å². The smallest absolute Gasteiger partial charge is 0.339 e. The fourth-order valence-electron chi connectivity index (χ4n) is 9.06. The summed E-state index contributed by atoms with van der Waals surface area (Å²) in [7, 11) is -7.34. The highest BCUT2D eigenvalue weighted by molar-refractivity contribution is 7.90. The van der Waals surface area contributed by atoms with E-state index in [-0.39, 0.29) is 36.4 Å². The number of H-pyrrole nitrogens is 1. The average Bonchev–Trinajstić information content (AvgIpc) is 3.74. The lowest BCUT2D eigenvalue weighted by Crippen LogP contribution is -2.47. The first kappa shape index (κ1) is 47.9. The number of carbonyl (C=O) groups excluding carboxylic acids is 1. The molecule has 18 nitrogen and oxygen atoms in total. The number of allylic oxidation sites excluding steroid dienone is 1. The molecule has 1 amide bonds. The maximum Gasteiger partial charge on any atom is 0.339 e. The second-order valence-corrected chi connectivity index (χ2v) is 21.9. The maximum absolute atomic E-state index is 14.3. The number of ether oxygens (including phenoxy) is 1. The fourth-order valence-corrected chi connectivity index (χ4v) is 10.9. The molecule has 3 aliphatic rings. The van der Waals surface area contributed by atoms with Crippen molar-refractivity contribution in [2.24, 2.45) is 5.41 Å². The quantitative estimate of drug-likeness (QED) is 0.0280. The Morgan fingerprint density at radius 2 is 1.79 bits per heavy atom. The molecule has 4 heterocycles. The van der Waals surface area contributed by atoms with Gasteiger partial charge in [-0.25, -0.2) is 13.1 Å². The van der Waals surface area contributed by atoms with Crippen molar-refractivity contribution < 1.29 is 37.2 Å². The van der Waals surface area contributed by atoms with Crippen LogP contribution in [0.4, 0.5) is 28.4 Å². The molecule has 2 aromatic heterocycles. The third-order valence-electron chi connectivity index (χ3n) is 12.5. The van der Waals surface area contributed by atoms with E-state index in [1.165, 1.54) is 33.7 Å². The molecule has 0 bridgehead atoms. The number of hydrogen-bond acceptors (Lipinski definition) is 13. The number of aromatic nitrogens is 2. The van der Waals surface area contributed by atoms with Gasteiger partial charge in [0.2, 0.25) is 5.88 Å². The number of nitro benzene ring substituents is 1. The van der Waals surface area contributed by atoms with Crippen LogP contribution in [0.3, 0.4) is 0 Å². The number of nitrogens with one attached hydrogen (secondary N) is 3. The van der Waals surface area contributed by atoms with Crippen molar-refractivity contribution in [1.82, 2.24) is 24.5 Å². The molecule has 0 saturated carbocycles. The predicted molar refractivity (Wildman–Crippen MR) is 260 cm³/mol. The van der Waals surface area contributed by atoms with Gasteiger partial charge in [-0.15, -0.1) is 0 Å². The van der Waals surface area contributed by atoms with Crippen LogP contribution in [0.15, 0.2) is 89.5 Å². The zero-order chi connectivity index (χ0) is 47.7. The Kier molecular flexibility index (Phi) is 14.0. The van der Waals surface area contributed by atoms with E-state index in [1.807, 2.05) is 41.3 Å². The summed E-state index contributed by atoms with van der Waals surface area (Å²) in [6, 6.07) is 20.6. The first-order chi connectivity index (χ1) is 31.8. The van der Waals surface area contributed by atoms with Crippen LogP contribution in [0.2, 0.25) is 5.02 Å². The largest absolute Gasteiger partial charge is 0.474 e. The molecule has 1 aliphatic carbocycles. The minimum absolute atomic E-state index is 0.0422. The number of nitro groups is 1. The Balaban J connectivity index is 1.03. The van der Waals surface area contributed by atoms with Crippen LogP contribution in [-0.2, 0) is 14.6 Å². The summed E-state index contributed by atoms with van der Waals surface area (Å²) in [6.07, 6.45) is 4.87. The van der Waals surface area contributed by atoms with Gasteiger partial charge in [0.05, 0.1) is 27.6 Å². The summed E-state index contributed by atoms with van der Waals surface area (Å²) < 4.78 is 47.2. The molecular weight excluding hydrogens is 921 g/mol. The average molecular weight is 976 g/mol. The normalized spacial score (nSPS) is 16.8. The molecule has 1 fully saturated rings. The first-order valence-corrected chi connectivity index (χ1v) is 25.8. The van der Waals surface area contributed by atoms with Crippen molar-refractivity contribution in [2.75, 3.05) is 87.4 Å². The third-order valence-corrected chi connectivity index (χ3v) is 15.0. The number of carbonyl (C=O) groups is 1. The molecule has 5 aromatic rings. The van der Waals surface area contributed by atoms with Gasteiger partial charge in [0, 0.05) is 74.2 Å². The highest BCUT2D eigenvalue weighted by Crippen LogP contribution is 2.44. The molecule has 2 aliphatic heterocycles. The van der Waals surface area contributed by atoms with Crippen LogP contribution < -0.4 is 24.6 Å². The van der Waals surface area contributed by atoms with Crippen molar-refractivity contribution in [3.63, 3.8) is 0 Å². The zero-order valence-corrected chi connectivity index (χ0v) is 40.0. The van der Waals surface area contributed by atoms with Crippen LogP contribution >= 0.6 is 19.2 Å². The van der Waals surface area contributed by atoms with Crippen LogP contribution in [0.5, 0.6) is 5.88 Å². The van der Waals surface area contributed by atoms with Gasteiger partial charge in [0.25, 0.3) is 21.6 Å². The lowest BCUT2D eigenvalue weighted by molar-refractivity contribution is -0.384. The number of fused-ring (bicyclic) bond motifs is 2. The summed E-state index contributed by atoms with van der Waals surface area (Å²) in [5, 5.41) is 16.6. The highest BCUT2D eigenvalue weighted by Gasteiger charge is 2.32. The molecule has 356 valence electrons. The predicted octanol–water partition coefficient (Wildman–Crippen LogP) is 7.43. The van der Waals surface area contributed by atoms with Gasteiger partial charge in [0.15, 0.2) is 0 Å². The molecule has 3 aromatic carbocycles. The van der Waals surface area contributed by atoms with Crippen LogP contribution in [0, 0.1) is 15.5 Å². The Labute approximate surface area is 394 Å². The zero-order valence-electron chi connectivity index (χ0n) is 37.6. The number of piperazine rings is 1. The number of sulfonamides is 1. The minimum atomic E-state index is -4.64. The summed E-state index contributed by atoms with van der Waals surface area (Å²) in [6.45, 7) is 9.64. The molecule has 0 radical (unpaired) electrons. The number of hydrogen-bond donors (Lipinski definition) is 5. The minimum Gasteiger partial charge on any atom is -0.474 e. The number of nitrogens with zero attached hydrogens (tertiary/aromatic N) is 6. The molecule has 8 rings (SSSR count).